The zero-order chi connectivity index (χ0) is 23.4. The monoisotopic (exact) mass is 447 g/mol. The van der Waals surface area contributed by atoms with E-state index in [1.54, 1.807) is 0 Å². The number of carbonyl (C=O) groups excluding carboxylic acids is 1. The maximum absolute atomic E-state index is 13.5. The summed E-state index contributed by atoms with van der Waals surface area (Å²) in [5.41, 5.74) is 2.09. The minimum absolute atomic E-state index is 0.00879. The average Bonchev–Trinajstić information content (AvgIpc) is 2.64. The number of rotatable bonds is 7. The van der Waals surface area contributed by atoms with E-state index in [1.807, 2.05) is 25.7 Å². The highest BCUT2D eigenvalue weighted by atomic mass is 28.4. The summed E-state index contributed by atoms with van der Waals surface area (Å²) in [6.45, 7) is 19.9. The van der Waals surface area contributed by atoms with E-state index in [0.717, 1.165) is 19.3 Å². The summed E-state index contributed by atoms with van der Waals surface area (Å²) in [6, 6.07) is 8.63. The van der Waals surface area contributed by atoms with Crippen molar-refractivity contribution in [3.8, 4) is 0 Å². The number of hydrogen-bond donors (Lipinski definition) is 0. The Morgan fingerprint density at radius 3 is 2.32 bits per heavy atom. The summed E-state index contributed by atoms with van der Waals surface area (Å²) in [5.74, 6) is 0. The van der Waals surface area contributed by atoms with Gasteiger partial charge in [0.2, 0.25) is 0 Å². The smallest absolute Gasteiger partial charge is 0.411 e. The fourth-order valence-electron chi connectivity index (χ4n) is 3.94. The summed E-state index contributed by atoms with van der Waals surface area (Å²) in [5, 5.41) is 0.136. The minimum Gasteiger partial charge on any atom is -0.444 e. The van der Waals surface area contributed by atoms with Gasteiger partial charge in [-0.05, 0) is 62.9 Å². The molecule has 0 unspecified atom stereocenters. The molecule has 1 aromatic carbocycles. The third kappa shape index (κ3) is 6.82. The molecule has 0 bridgehead atoms. The summed E-state index contributed by atoms with van der Waals surface area (Å²) in [4.78, 5) is 15.5. The highest BCUT2D eigenvalue weighted by Crippen LogP contribution is 2.40. The fourth-order valence-corrected chi connectivity index (χ4v) is 4.98. The standard InChI is InChI=1S/C26H45NO3Si/c1-10-11-12-17-23-22-16-14-13-15-20(22)18-21(19-29-31(8,9)26(5,6)7)27(23)24(28)30-25(2,3)4/h13-16,21,23H,10-12,17-19H2,1-9H3/t21-,23+/m0/s1. The first-order valence-corrected chi connectivity index (χ1v) is 14.9. The first-order chi connectivity index (χ1) is 14.3. The predicted molar refractivity (Wildman–Crippen MR) is 132 cm³/mol. The van der Waals surface area contributed by atoms with Crippen molar-refractivity contribution in [2.45, 2.75) is 116 Å². The Morgan fingerprint density at radius 2 is 1.74 bits per heavy atom. The molecule has 0 spiro atoms. The molecule has 2 atom stereocenters. The van der Waals surface area contributed by atoms with Crippen LogP contribution in [-0.4, -0.2) is 37.6 Å². The average molecular weight is 448 g/mol. The molecule has 31 heavy (non-hydrogen) atoms. The van der Waals surface area contributed by atoms with Crippen LogP contribution in [0.1, 0.15) is 91.3 Å². The normalized spacial score (nSPS) is 19.8. The lowest BCUT2D eigenvalue weighted by molar-refractivity contribution is -0.00766. The minimum atomic E-state index is -1.92. The molecule has 0 fully saturated rings. The molecule has 0 N–H and O–H groups in total. The Labute approximate surface area is 191 Å². The SMILES string of the molecule is CCCCC[C@@H]1c2ccccc2C[C@@H](CO[Si](C)(C)C(C)(C)C)N1C(=O)OC(C)(C)C. The second-order valence-corrected chi connectivity index (χ2v) is 16.3. The van der Waals surface area contributed by atoms with Crippen molar-refractivity contribution in [3.05, 3.63) is 35.4 Å². The van der Waals surface area contributed by atoms with Crippen LogP contribution in [0.25, 0.3) is 0 Å². The van der Waals surface area contributed by atoms with Gasteiger partial charge in [0, 0.05) is 0 Å². The second-order valence-electron chi connectivity index (χ2n) is 11.5. The van der Waals surface area contributed by atoms with Crippen molar-refractivity contribution in [1.82, 2.24) is 4.90 Å². The van der Waals surface area contributed by atoms with Crippen molar-refractivity contribution in [2.75, 3.05) is 6.61 Å². The first kappa shape index (κ1) is 25.9. The van der Waals surface area contributed by atoms with Crippen LogP contribution in [0.4, 0.5) is 4.79 Å². The van der Waals surface area contributed by atoms with Crippen molar-refractivity contribution in [2.24, 2.45) is 0 Å². The molecule has 1 aliphatic heterocycles. The van der Waals surface area contributed by atoms with Crippen LogP contribution >= 0.6 is 0 Å². The lowest BCUT2D eigenvalue weighted by Crippen LogP contribution is -2.53. The third-order valence-corrected chi connectivity index (χ3v) is 11.2. The zero-order valence-corrected chi connectivity index (χ0v) is 22.4. The van der Waals surface area contributed by atoms with Crippen LogP contribution < -0.4 is 0 Å². The van der Waals surface area contributed by atoms with Gasteiger partial charge in [-0.25, -0.2) is 4.79 Å². The van der Waals surface area contributed by atoms with Crippen molar-refractivity contribution in [3.63, 3.8) is 0 Å². The molecule has 1 amide bonds. The summed E-state index contributed by atoms with van der Waals surface area (Å²) < 4.78 is 12.5. The van der Waals surface area contributed by atoms with Gasteiger partial charge in [-0.15, -0.1) is 0 Å². The van der Waals surface area contributed by atoms with E-state index >= 15 is 0 Å². The van der Waals surface area contributed by atoms with Gasteiger partial charge in [0.1, 0.15) is 5.60 Å². The van der Waals surface area contributed by atoms with Crippen LogP contribution in [0.15, 0.2) is 24.3 Å². The fraction of sp³-hybridized carbons (Fsp3) is 0.731. The van der Waals surface area contributed by atoms with Gasteiger partial charge in [-0.1, -0.05) is 71.2 Å². The molecule has 1 aliphatic rings. The van der Waals surface area contributed by atoms with E-state index < -0.39 is 13.9 Å². The van der Waals surface area contributed by atoms with E-state index in [0.29, 0.717) is 6.61 Å². The van der Waals surface area contributed by atoms with Gasteiger partial charge >= 0.3 is 6.09 Å². The Morgan fingerprint density at radius 1 is 1.10 bits per heavy atom. The lowest BCUT2D eigenvalue weighted by atomic mass is 9.86. The maximum atomic E-state index is 13.5. The number of ether oxygens (including phenoxy) is 1. The highest BCUT2D eigenvalue weighted by molar-refractivity contribution is 6.74. The van der Waals surface area contributed by atoms with Crippen LogP contribution in [-0.2, 0) is 15.6 Å². The second kappa shape index (κ2) is 10.1. The maximum Gasteiger partial charge on any atom is 0.411 e. The van der Waals surface area contributed by atoms with Crippen LogP contribution in [0.3, 0.4) is 0 Å². The summed E-state index contributed by atoms with van der Waals surface area (Å²) >= 11 is 0. The molecule has 1 heterocycles. The quantitative estimate of drug-likeness (QED) is 0.321. The number of unbranched alkanes of at least 4 members (excludes halogenated alkanes) is 2. The number of benzene rings is 1. The molecule has 0 saturated carbocycles. The molecule has 4 nitrogen and oxygen atoms in total. The molecule has 2 rings (SSSR count). The van der Waals surface area contributed by atoms with E-state index in [2.05, 4.69) is 65.1 Å². The first-order valence-electron chi connectivity index (χ1n) is 12.0. The number of carbonyl (C=O) groups is 1. The van der Waals surface area contributed by atoms with Crippen LogP contribution in [0.5, 0.6) is 0 Å². The van der Waals surface area contributed by atoms with E-state index in [4.69, 9.17) is 9.16 Å². The highest BCUT2D eigenvalue weighted by Gasteiger charge is 2.42. The Balaban J connectivity index is 2.39. The van der Waals surface area contributed by atoms with E-state index in [-0.39, 0.29) is 23.2 Å². The summed E-state index contributed by atoms with van der Waals surface area (Å²) in [7, 11) is -1.92. The van der Waals surface area contributed by atoms with Gasteiger partial charge in [-0.3, -0.25) is 4.90 Å². The van der Waals surface area contributed by atoms with E-state index in [1.165, 1.54) is 24.0 Å². The molecular formula is C26H45NO3Si. The molecule has 0 radical (unpaired) electrons. The molecule has 0 aromatic heterocycles. The van der Waals surface area contributed by atoms with E-state index in [9.17, 15) is 4.79 Å². The van der Waals surface area contributed by atoms with Crippen molar-refractivity contribution < 1.29 is 14.0 Å². The van der Waals surface area contributed by atoms with Crippen LogP contribution in [0.2, 0.25) is 18.1 Å². The molecule has 1 aromatic rings. The van der Waals surface area contributed by atoms with Crippen molar-refractivity contribution >= 4 is 14.4 Å². The molecule has 0 aliphatic carbocycles. The molecular weight excluding hydrogens is 402 g/mol. The Hall–Kier alpha value is -1.33. The van der Waals surface area contributed by atoms with Gasteiger partial charge < -0.3 is 9.16 Å². The topological polar surface area (TPSA) is 38.8 Å². The van der Waals surface area contributed by atoms with Gasteiger partial charge in [0.15, 0.2) is 8.32 Å². The van der Waals surface area contributed by atoms with Crippen molar-refractivity contribution in [1.29, 1.82) is 0 Å². The third-order valence-electron chi connectivity index (χ3n) is 6.73. The molecule has 5 heteroatoms. The number of amides is 1. The van der Waals surface area contributed by atoms with Gasteiger partial charge in [0.25, 0.3) is 0 Å². The lowest BCUT2D eigenvalue weighted by Gasteiger charge is -2.45. The van der Waals surface area contributed by atoms with Crippen LogP contribution in [0, 0.1) is 0 Å². The molecule has 176 valence electrons. The number of hydrogen-bond acceptors (Lipinski definition) is 3. The zero-order valence-electron chi connectivity index (χ0n) is 21.4. The Bertz CT molecular complexity index is 733. The van der Waals surface area contributed by atoms with Gasteiger partial charge in [0.05, 0.1) is 18.7 Å². The largest absolute Gasteiger partial charge is 0.444 e. The van der Waals surface area contributed by atoms with Gasteiger partial charge in [-0.2, -0.15) is 0 Å². The Kier molecular flexibility index (Phi) is 8.43. The number of nitrogens with zero attached hydrogens (tertiary/aromatic N) is 1. The number of fused-ring (bicyclic) bond motifs is 1. The molecule has 0 saturated heterocycles. The summed E-state index contributed by atoms with van der Waals surface area (Å²) in [6.07, 6.45) is 5.00. The predicted octanol–water partition coefficient (Wildman–Crippen LogP) is 7.49.